The number of benzene rings is 1. The van der Waals surface area contributed by atoms with Gasteiger partial charge in [-0.3, -0.25) is 14.4 Å². The molecule has 0 saturated carbocycles. The molecule has 0 fully saturated rings. The lowest BCUT2D eigenvalue weighted by Gasteiger charge is -2.20. The highest BCUT2D eigenvalue weighted by Gasteiger charge is 2.19. The fraction of sp³-hybridized carbons (Fsp3) is 0.333. The van der Waals surface area contributed by atoms with Crippen molar-refractivity contribution in [3.63, 3.8) is 0 Å². The van der Waals surface area contributed by atoms with Crippen molar-refractivity contribution in [1.82, 2.24) is 14.7 Å². The summed E-state index contributed by atoms with van der Waals surface area (Å²) < 4.78 is 14.7. The van der Waals surface area contributed by atoms with Crippen LogP contribution in [0.15, 0.2) is 30.5 Å². The summed E-state index contributed by atoms with van der Waals surface area (Å²) in [6.45, 7) is 2.09. The average molecular weight is 291 g/mol. The second-order valence-corrected chi connectivity index (χ2v) is 5.11. The van der Waals surface area contributed by atoms with Crippen molar-refractivity contribution < 1.29 is 14.3 Å². The summed E-state index contributed by atoms with van der Waals surface area (Å²) >= 11 is 0. The lowest BCUT2D eigenvalue weighted by atomic mass is 10.1. The topological polar surface area (TPSA) is 58.4 Å². The van der Waals surface area contributed by atoms with Crippen LogP contribution < -0.4 is 0 Å². The van der Waals surface area contributed by atoms with E-state index < -0.39 is 12.0 Å². The molecule has 1 aromatic carbocycles. The highest BCUT2D eigenvalue weighted by Crippen LogP contribution is 2.23. The molecule has 1 unspecified atom stereocenters. The summed E-state index contributed by atoms with van der Waals surface area (Å²) in [4.78, 5) is 12.8. The fourth-order valence-corrected chi connectivity index (χ4v) is 2.10. The van der Waals surface area contributed by atoms with Crippen LogP contribution in [0.4, 0.5) is 4.39 Å². The van der Waals surface area contributed by atoms with Gasteiger partial charge in [0.05, 0.1) is 5.69 Å². The maximum atomic E-state index is 13.0. The van der Waals surface area contributed by atoms with E-state index in [0.717, 1.165) is 16.8 Å². The summed E-state index contributed by atoms with van der Waals surface area (Å²) in [7, 11) is 3.55. The highest BCUT2D eigenvalue weighted by molar-refractivity contribution is 5.73. The zero-order valence-corrected chi connectivity index (χ0v) is 12.2. The number of likely N-dealkylation sites (N-methyl/N-ethyl adjacent to an activating group) is 1. The third kappa shape index (κ3) is 3.46. The van der Waals surface area contributed by atoms with Gasteiger partial charge in [-0.15, -0.1) is 0 Å². The molecule has 1 aromatic heterocycles. The Morgan fingerprint density at radius 1 is 1.43 bits per heavy atom. The van der Waals surface area contributed by atoms with Crippen LogP contribution in [0.3, 0.4) is 0 Å². The van der Waals surface area contributed by atoms with Gasteiger partial charge in [-0.25, -0.2) is 4.39 Å². The van der Waals surface area contributed by atoms with Crippen molar-refractivity contribution in [3.8, 4) is 11.3 Å². The monoisotopic (exact) mass is 291 g/mol. The number of carbonyl (C=O) groups is 1. The number of rotatable bonds is 5. The summed E-state index contributed by atoms with van der Waals surface area (Å²) in [6, 6.07) is 5.52. The Morgan fingerprint density at radius 3 is 2.62 bits per heavy atom. The van der Waals surface area contributed by atoms with Gasteiger partial charge in [0.15, 0.2) is 0 Å². The van der Waals surface area contributed by atoms with Crippen molar-refractivity contribution in [1.29, 1.82) is 0 Å². The molecular formula is C15H18FN3O2. The Balaban J connectivity index is 2.29. The first-order valence-electron chi connectivity index (χ1n) is 6.60. The number of aliphatic carboxylic acids is 1. The Hall–Kier alpha value is -2.21. The van der Waals surface area contributed by atoms with Crippen LogP contribution in [0, 0.1) is 5.82 Å². The fourth-order valence-electron chi connectivity index (χ4n) is 2.10. The number of aryl methyl sites for hydroxylation is 1. The van der Waals surface area contributed by atoms with E-state index in [-0.39, 0.29) is 5.82 Å². The molecule has 6 heteroatoms. The van der Waals surface area contributed by atoms with Crippen molar-refractivity contribution in [2.75, 3.05) is 7.05 Å². The summed E-state index contributed by atoms with van der Waals surface area (Å²) in [5.41, 5.74) is 2.45. The van der Waals surface area contributed by atoms with E-state index in [1.165, 1.54) is 12.1 Å². The van der Waals surface area contributed by atoms with E-state index in [2.05, 4.69) is 5.10 Å². The molecule has 1 N–H and O–H groups in total. The Morgan fingerprint density at radius 2 is 2.05 bits per heavy atom. The molecule has 0 aliphatic carbocycles. The molecule has 1 atom stereocenters. The molecule has 0 bridgehead atoms. The average Bonchev–Trinajstić information content (AvgIpc) is 2.79. The van der Waals surface area contributed by atoms with Crippen molar-refractivity contribution in [2.24, 2.45) is 7.05 Å². The van der Waals surface area contributed by atoms with Gasteiger partial charge in [-0.1, -0.05) is 0 Å². The van der Waals surface area contributed by atoms with Gasteiger partial charge in [0, 0.05) is 30.9 Å². The highest BCUT2D eigenvalue weighted by atomic mass is 19.1. The largest absolute Gasteiger partial charge is 0.480 e. The van der Waals surface area contributed by atoms with Gasteiger partial charge in [-0.2, -0.15) is 5.10 Å². The third-order valence-corrected chi connectivity index (χ3v) is 3.46. The number of aromatic nitrogens is 2. The van der Waals surface area contributed by atoms with Crippen LogP contribution in [0.1, 0.15) is 12.5 Å². The molecule has 0 aliphatic rings. The van der Waals surface area contributed by atoms with E-state index in [9.17, 15) is 9.18 Å². The Kier molecular flexibility index (Phi) is 4.37. The standard InChI is InChI=1S/C15H18FN3O2/c1-10(15(20)21)18(2)8-12-9-19(3)17-14(12)11-4-6-13(16)7-5-11/h4-7,9-10H,8H2,1-3H3,(H,20,21). The molecule has 2 rings (SSSR count). The molecule has 0 saturated heterocycles. The molecule has 0 spiro atoms. The second kappa shape index (κ2) is 6.05. The van der Waals surface area contributed by atoms with Crippen LogP contribution in [0.25, 0.3) is 11.3 Å². The quantitative estimate of drug-likeness (QED) is 0.917. The SMILES string of the molecule is CC(C(=O)O)N(C)Cc1cn(C)nc1-c1ccc(F)cc1. The first-order chi connectivity index (χ1) is 9.88. The molecule has 0 amide bonds. The van der Waals surface area contributed by atoms with Crippen molar-refractivity contribution >= 4 is 5.97 Å². The van der Waals surface area contributed by atoms with Gasteiger partial charge in [-0.05, 0) is 38.2 Å². The third-order valence-electron chi connectivity index (χ3n) is 3.46. The van der Waals surface area contributed by atoms with E-state index in [1.807, 2.05) is 6.20 Å². The number of nitrogens with zero attached hydrogens (tertiary/aromatic N) is 3. The van der Waals surface area contributed by atoms with Crippen LogP contribution >= 0.6 is 0 Å². The minimum Gasteiger partial charge on any atom is -0.480 e. The predicted octanol–water partition coefficient (Wildman–Crippen LogP) is 2.13. The van der Waals surface area contributed by atoms with E-state index >= 15 is 0 Å². The molecule has 2 aromatic rings. The summed E-state index contributed by atoms with van der Waals surface area (Å²) in [5, 5.41) is 13.4. The minimum atomic E-state index is -0.871. The van der Waals surface area contributed by atoms with Gasteiger partial charge in [0.2, 0.25) is 0 Å². The molecular weight excluding hydrogens is 273 g/mol. The number of hydrogen-bond acceptors (Lipinski definition) is 3. The lowest BCUT2D eigenvalue weighted by Crippen LogP contribution is -2.35. The van der Waals surface area contributed by atoms with E-state index in [4.69, 9.17) is 5.11 Å². The first kappa shape index (κ1) is 15.2. The van der Waals surface area contributed by atoms with Crippen LogP contribution in [-0.4, -0.2) is 38.8 Å². The van der Waals surface area contributed by atoms with Crippen LogP contribution in [-0.2, 0) is 18.4 Å². The maximum Gasteiger partial charge on any atom is 0.320 e. The normalized spacial score (nSPS) is 12.6. The van der Waals surface area contributed by atoms with Gasteiger partial charge >= 0.3 is 5.97 Å². The molecule has 0 radical (unpaired) electrons. The van der Waals surface area contributed by atoms with Gasteiger partial charge in [0.25, 0.3) is 0 Å². The summed E-state index contributed by atoms with van der Waals surface area (Å²) in [6.07, 6.45) is 1.85. The smallest absolute Gasteiger partial charge is 0.320 e. The van der Waals surface area contributed by atoms with E-state index in [0.29, 0.717) is 6.54 Å². The second-order valence-electron chi connectivity index (χ2n) is 5.11. The van der Waals surface area contributed by atoms with Gasteiger partial charge < -0.3 is 5.11 Å². The van der Waals surface area contributed by atoms with Crippen LogP contribution in [0.5, 0.6) is 0 Å². The number of carboxylic acids is 1. The maximum absolute atomic E-state index is 13.0. The number of carboxylic acid groups (broad SMARTS) is 1. The zero-order valence-electron chi connectivity index (χ0n) is 12.2. The van der Waals surface area contributed by atoms with Crippen molar-refractivity contribution in [3.05, 3.63) is 41.8 Å². The first-order valence-corrected chi connectivity index (χ1v) is 6.60. The van der Waals surface area contributed by atoms with Crippen molar-refractivity contribution in [2.45, 2.75) is 19.5 Å². The van der Waals surface area contributed by atoms with Gasteiger partial charge in [0.1, 0.15) is 11.9 Å². The molecule has 5 nitrogen and oxygen atoms in total. The zero-order chi connectivity index (χ0) is 15.6. The summed E-state index contributed by atoms with van der Waals surface area (Å²) in [5.74, 6) is -1.17. The Bertz CT molecular complexity index is 637. The lowest BCUT2D eigenvalue weighted by molar-refractivity contribution is -0.142. The van der Waals surface area contributed by atoms with Crippen LogP contribution in [0.2, 0.25) is 0 Å². The molecule has 21 heavy (non-hydrogen) atoms. The van der Waals surface area contributed by atoms with E-state index in [1.54, 1.807) is 42.7 Å². The predicted molar refractivity (Wildman–Crippen MR) is 77.2 cm³/mol. The number of halogens is 1. The number of hydrogen-bond donors (Lipinski definition) is 1. The molecule has 112 valence electrons. The molecule has 1 heterocycles. The minimum absolute atomic E-state index is 0.298. The molecule has 0 aliphatic heterocycles. The Labute approximate surface area is 122 Å².